The monoisotopic (exact) mass is 242 g/mol. The highest BCUT2D eigenvalue weighted by Crippen LogP contribution is 2.01. The summed E-state index contributed by atoms with van der Waals surface area (Å²) < 4.78 is 9.47. The van der Waals surface area contributed by atoms with Gasteiger partial charge in [0.05, 0.1) is 12.7 Å². The lowest BCUT2D eigenvalue weighted by Gasteiger charge is -2.11. The van der Waals surface area contributed by atoms with Crippen molar-refractivity contribution in [2.24, 2.45) is 0 Å². The minimum absolute atomic E-state index is 0.0822. The summed E-state index contributed by atoms with van der Waals surface area (Å²) in [7, 11) is 0. The number of aliphatic hydroxyl groups excluding tert-OH is 1. The Bertz CT molecular complexity index is 295. The second-order valence-electron chi connectivity index (χ2n) is 3.55. The molecule has 96 valence electrons. The average Bonchev–Trinajstić information content (AvgIpc) is 2.30. The predicted molar refractivity (Wildman–Crippen MR) is 62.2 cm³/mol. The Morgan fingerprint density at radius 1 is 1.41 bits per heavy atom. The molecular formula is C12H18O5. The fourth-order valence-corrected chi connectivity index (χ4v) is 0.929. The predicted octanol–water partition coefficient (Wildman–Crippen LogP) is 0.976. The first-order chi connectivity index (χ1) is 7.97. The molecule has 5 nitrogen and oxygen atoms in total. The second-order valence-corrected chi connectivity index (χ2v) is 3.55. The van der Waals surface area contributed by atoms with Gasteiger partial charge in [-0.05, 0) is 19.8 Å². The van der Waals surface area contributed by atoms with Crippen LogP contribution in [0.5, 0.6) is 0 Å². The lowest BCUT2D eigenvalue weighted by atomic mass is 10.2. The number of carbonyl (C=O) groups excluding carboxylic acids is 2. The Morgan fingerprint density at radius 2 is 2.06 bits per heavy atom. The van der Waals surface area contributed by atoms with Gasteiger partial charge in [-0.1, -0.05) is 13.2 Å². The zero-order valence-corrected chi connectivity index (χ0v) is 9.98. The fraction of sp³-hybridized carbons (Fsp3) is 0.500. The van der Waals surface area contributed by atoms with Gasteiger partial charge in [0.2, 0.25) is 0 Å². The van der Waals surface area contributed by atoms with Crippen molar-refractivity contribution in [2.75, 3.05) is 13.2 Å². The lowest BCUT2D eigenvalue weighted by molar-refractivity contribution is -0.142. The Kier molecular flexibility index (Phi) is 7.71. The third-order valence-electron chi connectivity index (χ3n) is 1.85. The normalized spacial score (nSPS) is 11.4. The molecule has 0 heterocycles. The summed E-state index contributed by atoms with van der Waals surface area (Å²) in [6, 6.07) is 0. The Morgan fingerprint density at radius 3 is 2.59 bits per heavy atom. The van der Waals surface area contributed by atoms with E-state index in [9.17, 15) is 14.7 Å². The molecule has 0 aliphatic heterocycles. The molecule has 0 spiro atoms. The summed E-state index contributed by atoms with van der Waals surface area (Å²) in [5.74, 6) is -1.02. The molecule has 1 atom stereocenters. The summed E-state index contributed by atoms with van der Waals surface area (Å²) in [4.78, 5) is 21.7. The molecular weight excluding hydrogens is 224 g/mol. The molecule has 0 fully saturated rings. The average molecular weight is 242 g/mol. The summed E-state index contributed by atoms with van der Waals surface area (Å²) in [5.41, 5.74) is 0.289. The van der Waals surface area contributed by atoms with Gasteiger partial charge < -0.3 is 14.6 Å². The van der Waals surface area contributed by atoms with Crippen LogP contribution in [0.25, 0.3) is 0 Å². The number of aliphatic hydroxyl groups is 1. The number of esters is 2. The summed E-state index contributed by atoms with van der Waals surface area (Å²) in [5, 5.41) is 9.43. The number of hydrogen-bond acceptors (Lipinski definition) is 5. The Labute approximate surface area is 101 Å². The number of carbonyl (C=O) groups is 2. The molecule has 0 aliphatic rings. The first kappa shape index (κ1) is 15.4. The van der Waals surface area contributed by atoms with Gasteiger partial charge in [0, 0.05) is 11.6 Å². The van der Waals surface area contributed by atoms with Crippen LogP contribution in [0, 0.1) is 0 Å². The van der Waals surface area contributed by atoms with Crippen LogP contribution >= 0.6 is 0 Å². The molecule has 0 aliphatic carbocycles. The first-order valence-electron chi connectivity index (χ1n) is 5.27. The molecule has 0 aromatic heterocycles. The van der Waals surface area contributed by atoms with Gasteiger partial charge in [0.1, 0.15) is 6.61 Å². The van der Waals surface area contributed by atoms with E-state index in [0.717, 1.165) is 6.08 Å². The van der Waals surface area contributed by atoms with Crippen LogP contribution in [0.3, 0.4) is 0 Å². The molecule has 0 aromatic rings. The molecule has 0 saturated carbocycles. The summed E-state index contributed by atoms with van der Waals surface area (Å²) >= 11 is 0. The van der Waals surface area contributed by atoms with Crippen LogP contribution in [-0.2, 0) is 19.1 Å². The largest absolute Gasteiger partial charge is 0.463 e. The van der Waals surface area contributed by atoms with Crippen LogP contribution in [0.2, 0.25) is 0 Å². The molecule has 17 heavy (non-hydrogen) atoms. The third kappa shape index (κ3) is 8.21. The maximum Gasteiger partial charge on any atom is 0.333 e. The maximum absolute atomic E-state index is 11.0. The molecule has 0 saturated heterocycles. The van der Waals surface area contributed by atoms with Gasteiger partial charge >= 0.3 is 11.9 Å². The minimum atomic E-state index is -0.763. The van der Waals surface area contributed by atoms with Crippen molar-refractivity contribution in [2.45, 2.75) is 25.9 Å². The van der Waals surface area contributed by atoms with E-state index < -0.39 is 18.0 Å². The highest BCUT2D eigenvalue weighted by Gasteiger charge is 2.09. The molecule has 1 N–H and O–H groups in total. The highest BCUT2D eigenvalue weighted by atomic mass is 16.5. The van der Waals surface area contributed by atoms with Gasteiger partial charge in [-0.15, -0.1) is 0 Å². The Hall–Kier alpha value is -1.62. The zero-order valence-electron chi connectivity index (χ0n) is 9.98. The van der Waals surface area contributed by atoms with Crippen LogP contribution in [0.1, 0.15) is 19.8 Å². The first-order valence-corrected chi connectivity index (χ1v) is 5.27. The van der Waals surface area contributed by atoms with Crippen molar-refractivity contribution in [3.05, 3.63) is 24.8 Å². The molecule has 0 bridgehead atoms. The van der Waals surface area contributed by atoms with Crippen LogP contribution in [-0.4, -0.2) is 36.4 Å². The standard InChI is InChI=1S/C12H18O5/c1-4-11(14)16-7-5-6-10(13)8-17-12(15)9(2)3/h4,10,13H,1-2,5-8H2,3H3. The fourth-order valence-electron chi connectivity index (χ4n) is 0.929. The molecule has 0 amide bonds. The molecule has 1 unspecified atom stereocenters. The smallest absolute Gasteiger partial charge is 0.333 e. The van der Waals surface area contributed by atoms with Gasteiger partial charge in [-0.2, -0.15) is 0 Å². The number of ether oxygens (including phenoxy) is 2. The van der Waals surface area contributed by atoms with Crippen LogP contribution in [0.15, 0.2) is 24.8 Å². The summed E-state index contributed by atoms with van der Waals surface area (Å²) in [6.45, 7) is 8.32. The summed E-state index contributed by atoms with van der Waals surface area (Å²) in [6.07, 6.45) is 1.19. The second kappa shape index (κ2) is 8.52. The van der Waals surface area contributed by atoms with Crippen molar-refractivity contribution in [3.8, 4) is 0 Å². The van der Waals surface area contributed by atoms with Gasteiger partial charge in [0.15, 0.2) is 0 Å². The van der Waals surface area contributed by atoms with E-state index >= 15 is 0 Å². The van der Waals surface area contributed by atoms with Gasteiger partial charge in [0.25, 0.3) is 0 Å². The quantitative estimate of drug-likeness (QED) is 0.390. The van der Waals surface area contributed by atoms with Crippen LogP contribution < -0.4 is 0 Å². The maximum atomic E-state index is 11.0. The van der Waals surface area contributed by atoms with E-state index in [1.54, 1.807) is 0 Å². The topological polar surface area (TPSA) is 72.8 Å². The van der Waals surface area contributed by atoms with Crippen molar-refractivity contribution >= 4 is 11.9 Å². The lowest BCUT2D eigenvalue weighted by Crippen LogP contribution is -2.19. The zero-order chi connectivity index (χ0) is 13.3. The molecule has 5 heteroatoms. The van der Waals surface area contributed by atoms with E-state index in [1.807, 2.05) is 0 Å². The van der Waals surface area contributed by atoms with E-state index in [0.29, 0.717) is 12.8 Å². The third-order valence-corrected chi connectivity index (χ3v) is 1.85. The van der Waals surface area contributed by atoms with Crippen molar-refractivity contribution in [1.82, 2.24) is 0 Å². The Balaban J connectivity index is 3.56. The van der Waals surface area contributed by atoms with Gasteiger partial charge in [-0.3, -0.25) is 0 Å². The number of rotatable bonds is 8. The molecule has 0 aromatic carbocycles. The van der Waals surface area contributed by atoms with E-state index in [-0.39, 0.29) is 18.8 Å². The van der Waals surface area contributed by atoms with Crippen molar-refractivity contribution in [1.29, 1.82) is 0 Å². The van der Waals surface area contributed by atoms with Gasteiger partial charge in [-0.25, -0.2) is 9.59 Å². The van der Waals surface area contributed by atoms with Crippen LogP contribution in [0.4, 0.5) is 0 Å². The SMILES string of the molecule is C=CC(=O)OCCCC(O)COC(=O)C(=C)C. The molecule has 0 rings (SSSR count). The van der Waals surface area contributed by atoms with E-state index in [2.05, 4.69) is 13.2 Å². The van der Waals surface area contributed by atoms with E-state index in [1.165, 1.54) is 6.92 Å². The minimum Gasteiger partial charge on any atom is -0.463 e. The van der Waals surface area contributed by atoms with Crippen molar-refractivity contribution < 1.29 is 24.2 Å². The molecule has 0 radical (unpaired) electrons. The highest BCUT2D eigenvalue weighted by molar-refractivity contribution is 5.86. The number of hydrogen-bond donors (Lipinski definition) is 1. The van der Waals surface area contributed by atoms with E-state index in [4.69, 9.17) is 9.47 Å². The van der Waals surface area contributed by atoms with Crippen molar-refractivity contribution in [3.63, 3.8) is 0 Å².